The summed E-state index contributed by atoms with van der Waals surface area (Å²) in [4.78, 5) is 5.75. The minimum atomic E-state index is 0.619. The first kappa shape index (κ1) is 11.2. The molecule has 0 fully saturated rings. The first-order valence-electron chi connectivity index (χ1n) is 5.59. The molecule has 2 nitrogen and oxygen atoms in total. The Bertz CT molecular complexity index is 524. The van der Waals surface area contributed by atoms with E-state index in [9.17, 15) is 0 Å². The van der Waals surface area contributed by atoms with Gasteiger partial charge in [0.05, 0.1) is 5.69 Å². The molecule has 0 saturated carbocycles. The van der Waals surface area contributed by atoms with Gasteiger partial charge >= 0.3 is 0 Å². The maximum atomic E-state index is 5.36. The van der Waals surface area contributed by atoms with Crippen molar-refractivity contribution in [2.75, 3.05) is 11.5 Å². The standard InChI is InChI=1S/C13H13NOS2/c1-9-6-15-13(14-9)17-8-10-7-16-12-5-3-2-4-11(10)12/h2-6,10H,7-8H2,1H3. The lowest BCUT2D eigenvalue weighted by molar-refractivity contribution is 0.454. The summed E-state index contributed by atoms with van der Waals surface area (Å²) in [6, 6.07) is 8.68. The maximum absolute atomic E-state index is 5.36. The van der Waals surface area contributed by atoms with Crippen LogP contribution in [0.3, 0.4) is 0 Å². The Morgan fingerprint density at radius 3 is 3.18 bits per heavy atom. The van der Waals surface area contributed by atoms with Crippen LogP contribution in [0.2, 0.25) is 0 Å². The van der Waals surface area contributed by atoms with Crippen molar-refractivity contribution in [3.05, 3.63) is 41.8 Å². The SMILES string of the molecule is Cc1coc(SCC2CSc3ccccc32)n1. The van der Waals surface area contributed by atoms with Gasteiger partial charge in [0.15, 0.2) is 0 Å². The van der Waals surface area contributed by atoms with Crippen molar-refractivity contribution in [1.29, 1.82) is 0 Å². The summed E-state index contributed by atoms with van der Waals surface area (Å²) in [6.45, 7) is 1.95. The van der Waals surface area contributed by atoms with Gasteiger partial charge in [0.25, 0.3) is 5.22 Å². The van der Waals surface area contributed by atoms with E-state index >= 15 is 0 Å². The van der Waals surface area contributed by atoms with Gasteiger partial charge in [-0.2, -0.15) is 0 Å². The highest BCUT2D eigenvalue weighted by Crippen LogP contribution is 2.41. The monoisotopic (exact) mass is 263 g/mol. The van der Waals surface area contributed by atoms with Crippen LogP contribution in [0.25, 0.3) is 0 Å². The second kappa shape index (κ2) is 4.78. The van der Waals surface area contributed by atoms with E-state index in [1.807, 2.05) is 18.7 Å². The molecule has 2 aromatic rings. The Labute approximate surface area is 109 Å². The molecule has 0 aliphatic carbocycles. The number of aromatic nitrogens is 1. The predicted molar refractivity (Wildman–Crippen MR) is 71.9 cm³/mol. The quantitative estimate of drug-likeness (QED) is 0.783. The molecule has 0 amide bonds. The number of fused-ring (bicyclic) bond motifs is 1. The fourth-order valence-corrected chi connectivity index (χ4v) is 4.31. The summed E-state index contributed by atoms with van der Waals surface area (Å²) in [7, 11) is 0. The van der Waals surface area contributed by atoms with Crippen LogP contribution in [-0.2, 0) is 0 Å². The van der Waals surface area contributed by atoms with Crippen LogP contribution in [0.1, 0.15) is 17.2 Å². The summed E-state index contributed by atoms with van der Waals surface area (Å²) in [5.74, 6) is 2.84. The van der Waals surface area contributed by atoms with Gasteiger partial charge in [-0.25, -0.2) is 4.98 Å². The number of aryl methyl sites for hydroxylation is 1. The Hall–Kier alpha value is -0.870. The molecule has 1 aliphatic rings. The molecule has 1 aromatic carbocycles. The van der Waals surface area contributed by atoms with Gasteiger partial charge in [-0.1, -0.05) is 30.0 Å². The first-order valence-corrected chi connectivity index (χ1v) is 7.57. The van der Waals surface area contributed by atoms with Crippen molar-refractivity contribution in [3.63, 3.8) is 0 Å². The Balaban J connectivity index is 1.68. The zero-order chi connectivity index (χ0) is 11.7. The summed E-state index contributed by atoms with van der Waals surface area (Å²) < 4.78 is 5.36. The topological polar surface area (TPSA) is 26.0 Å². The molecule has 0 radical (unpaired) electrons. The number of benzene rings is 1. The molecule has 4 heteroatoms. The van der Waals surface area contributed by atoms with Crippen LogP contribution >= 0.6 is 23.5 Å². The highest BCUT2D eigenvalue weighted by molar-refractivity contribution is 8.00. The molecule has 2 heterocycles. The third kappa shape index (κ3) is 2.38. The number of oxazole rings is 1. The Morgan fingerprint density at radius 1 is 1.47 bits per heavy atom. The molecule has 1 unspecified atom stereocenters. The molecule has 88 valence electrons. The molecule has 1 aromatic heterocycles. The van der Waals surface area contributed by atoms with Crippen LogP contribution in [0.15, 0.2) is 45.1 Å². The van der Waals surface area contributed by atoms with Crippen molar-refractivity contribution in [1.82, 2.24) is 4.98 Å². The molecule has 17 heavy (non-hydrogen) atoms. The lowest BCUT2D eigenvalue weighted by atomic mass is 10.0. The van der Waals surface area contributed by atoms with E-state index in [1.165, 1.54) is 16.2 Å². The molecule has 1 aliphatic heterocycles. The minimum Gasteiger partial charge on any atom is -0.440 e. The fraction of sp³-hybridized carbons (Fsp3) is 0.308. The molecule has 0 bridgehead atoms. The van der Waals surface area contributed by atoms with Crippen LogP contribution in [0, 0.1) is 6.92 Å². The lowest BCUT2D eigenvalue weighted by Crippen LogP contribution is -1.99. The van der Waals surface area contributed by atoms with Gasteiger partial charge < -0.3 is 4.42 Å². The summed E-state index contributed by atoms with van der Waals surface area (Å²) in [5, 5.41) is 0.789. The molecule has 0 spiro atoms. The van der Waals surface area contributed by atoms with Gasteiger partial charge in [-0.15, -0.1) is 11.8 Å². The van der Waals surface area contributed by atoms with Crippen molar-refractivity contribution in [2.45, 2.75) is 23.0 Å². The zero-order valence-corrected chi connectivity index (χ0v) is 11.2. The first-order chi connectivity index (χ1) is 8.33. The smallest absolute Gasteiger partial charge is 0.255 e. The van der Waals surface area contributed by atoms with Crippen molar-refractivity contribution < 1.29 is 4.42 Å². The largest absolute Gasteiger partial charge is 0.440 e. The van der Waals surface area contributed by atoms with Crippen LogP contribution in [0.4, 0.5) is 0 Å². The summed E-state index contributed by atoms with van der Waals surface area (Å²) >= 11 is 3.66. The summed E-state index contributed by atoms with van der Waals surface area (Å²) in [5.41, 5.74) is 2.43. The third-order valence-electron chi connectivity index (χ3n) is 2.80. The number of thioether (sulfide) groups is 2. The number of hydrogen-bond acceptors (Lipinski definition) is 4. The fourth-order valence-electron chi connectivity index (χ4n) is 1.94. The highest BCUT2D eigenvalue weighted by Gasteiger charge is 2.23. The van der Waals surface area contributed by atoms with Gasteiger partial charge in [0.1, 0.15) is 6.26 Å². The van der Waals surface area contributed by atoms with Crippen LogP contribution < -0.4 is 0 Å². The highest BCUT2D eigenvalue weighted by atomic mass is 32.2. The average Bonchev–Trinajstić information content (AvgIpc) is 2.93. The molecule has 3 rings (SSSR count). The van der Waals surface area contributed by atoms with Crippen LogP contribution in [-0.4, -0.2) is 16.5 Å². The Morgan fingerprint density at radius 2 is 2.35 bits per heavy atom. The molecule has 0 saturated heterocycles. The number of hydrogen-bond donors (Lipinski definition) is 0. The lowest BCUT2D eigenvalue weighted by Gasteiger charge is -2.07. The van der Waals surface area contributed by atoms with E-state index in [0.717, 1.165) is 16.7 Å². The zero-order valence-electron chi connectivity index (χ0n) is 9.55. The molecule has 1 atom stereocenters. The average molecular weight is 263 g/mol. The maximum Gasteiger partial charge on any atom is 0.255 e. The van der Waals surface area contributed by atoms with Crippen molar-refractivity contribution >= 4 is 23.5 Å². The van der Waals surface area contributed by atoms with Gasteiger partial charge in [0.2, 0.25) is 0 Å². The van der Waals surface area contributed by atoms with Gasteiger partial charge in [-0.3, -0.25) is 0 Å². The Kier molecular flexibility index (Phi) is 3.16. The number of nitrogens with zero attached hydrogens (tertiary/aromatic N) is 1. The van der Waals surface area contributed by atoms with E-state index in [0.29, 0.717) is 5.92 Å². The second-order valence-corrected chi connectivity index (χ2v) is 6.14. The van der Waals surface area contributed by atoms with Crippen molar-refractivity contribution in [2.24, 2.45) is 0 Å². The second-order valence-electron chi connectivity index (χ2n) is 4.11. The van der Waals surface area contributed by atoms with Crippen molar-refractivity contribution in [3.8, 4) is 0 Å². The van der Waals surface area contributed by atoms with Crippen LogP contribution in [0.5, 0.6) is 0 Å². The van der Waals surface area contributed by atoms with Gasteiger partial charge in [0, 0.05) is 22.3 Å². The number of rotatable bonds is 3. The van der Waals surface area contributed by atoms with E-state index in [2.05, 4.69) is 29.2 Å². The summed E-state index contributed by atoms with van der Waals surface area (Å²) in [6.07, 6.45) is 1.71. The van der Waals surface area contributed by atoms with E-state index in [-0.39, 0.29) is 0 Å². The molecule has 0 N–H and O–H groups in total. The normalized spacial score (nSPS) is 18.3. The molecular formula is C13H13NOS2. The third-order valence-corrected chi connectivity index (χ3v) is 5.06. The minimum absolute atomic E-state index is 0.619. The predicted octanol–water partition coefficient (Wildman–Crippen LogP) is 3.96. The van der Waals surface area contributed by atoms with E-state index in [4.69, 9.17) is 4.42 Å². The van der Waals surface area contributed by atoms with E-state index < -0.39 is 0 Å². The molecular weight excluding hydrogens is 250 g/mol. The van der Waals surface area contributed by atoms with Gasteiger partial charge in [-0.05, 0) is 18.6 Å². The van der Waals surface area contributed by atoms with E-state index in [1.54, 1.807) is 18.0 Å².